The number of hydrogen-bond donors (Lipinski definition) is 3. The zero-order chi connectivity index (χ0) is 19.1. The molecule has 0 saturated heterocycles. The van der Waals surface area contributed by atoms with Crippen molar-refractivity contribution in [1.29, 1.82) is 0 Å². The molecule has 5 nitrogen and oxygen atoms in total. The zero-order valence-electron chi connectivity index (χ0n) is 15.0. The maximum absolute atomic E-state index is 12.5. The van der Waals surface area contributed by atoms with E-state index in [4.69, 9.17) is 12.2 Å². The van der Waals surface area contributed by atoms with Crippen LogP contribution in [-0.4, -0.2) is 23.0 Å². The molecular weight excluding hydrogens is 358 g/mol. The number of carbonyl (C=O) groups is 2. The molecule has 3 N–H and O–H groups in total. The van der Waals surface area contributed by atoms with Crippen molar-refractivity contribution in [3.8, 4) is 0 Å². The lowest BCUT2D eigenvalue weighted by Gasteiger charge is -2.22. The van der Waals surface area contributed by atoms with Gasteiger partial charge in [-0.15, -0.1) is 0 Å². The maximum Gasteiger partial charge on any atom is 0.257 e. The van der Waals surface area contributed by atoms with Crippen LogP contribution < -0.4 is 16.0 Å². The third kappa shape index (κ3) is 5.62. The van der Waals surface area contributed by atoms with Gasteiger partial charge < -0.3 is 10.6 Å². The molecule has 2 aromatic carbocycles. The van der Waals surface area contributed by atoms with E-state index in [-0.39, 0.29) is 23.0 Å². The van der Waals surface area contributed by atoms with Crippen LogP contribution in [0.15, 0.2) is 54.6 Å². The molecule has 1 fully saturated rings. The fourth-order valence-corrected chi connectivity index (χ4v) is 3.39. The van der Waals surface area contributed by atoms with Gasteiger partial charge in [-0.2, -0.15) is 0 Å². The van der Waals surface area contributed by atoms with E-state index in [0.29, 0.717) is 16.8 Å². The van der Waals surface area contributed by atoms with E-state index in [1.807, 2.05) is 6.07 Å². The number of anilines is 1. The molecule has 27 heavy (non-hydrogen) atoms. The molecule has 2 aromatic rings. The fourth-order valence-electron chi connectivity index (χ4n) is 3.18. The topological polar surface area (TPSA) is 70.2 Å². The normalized spacial score (nSPS) is 14.2. The maximum atomic E-state index is 12.5. The van der Waals surface area contributed by atoms with Gasteiger partial charge in [0.15, 0.2) is 5.11 Å². The quantitative estimate of drug-likeness (QED) is 0.703. The number of nitrogens with one attached hydrogen (secondary N) is 3. The third-order valence-electron chi connectivity index (χ3n) is 4.59. The van der Waals surface area contributed by atoms with Gasteiger partial charge in [0.1, 0.15) is 0 Å². The van der Waals surface area contributed by atoms with E-state index in [2.05, 4.69) is 16.0 Å². The molecule has 2 amide bonds. The first-order valence-corrected chi connectivity index (χ1v) is 9.61. The fraction of sp³-hybridized carbons (Fsp3) is 0.286. The lowest BCUT2D eigenvalue weighted by atomic mass is 9.95. The summed E-state index contributed by atoms with van der Waals surface area (Å²) in [5.74, 6) is -0.357. The van der Waals surface area contributed by atoms with Crippen molar-refractivity contribution in [2.24, 2.45) is 0 Å². The Morgan fingerprint density at radius 3 is 2.30 bits per heavy atom. The molecule has 140 valence electrons. The number of benzene rings is 2. The number of carbonyl (C=O) groups excluding carboxylic acids is 2. The first-order valence-electron chi connectivity index (χ1n) is 9.20. The molecule has 0 aliphatic heterocycles. The van der Waals surface area contributed by atoms with Crippen molar-refractivity contribution in [3.05, 3.63) is 65.7 Å². The average Bonchev–Trinajstić information content (AvgIpc) is 2.69. The van der Waals surface area contributed by atoms with Gasteiger partial charge in [-0.05, 0) is 55.4 Å². The van der Waals surface area contributed by atoms with Crippen molar-refractivity contribution in [3.63, 3.8) is 0 Å². The number of hydrogen-bond acceptors (Lipinski definition) is 3. The molecule has 6 heteroatoms. The first-order chi connectivity index (χ1) is 13.1. The Kier molecular flexibility index (Phi) is 6.54. The van der Waals surface area contributed by atoms with Crippen molar-refractivity contribution in [2.45, 2.75) is 38.1 Å². The van der Waals surface area contributed by atoms with Gasteiger partial charge in [-0.25, -0.2) is 0 Å². The van der Waals surface area contributed by atoms with Crippen LogP contribution >= 0.6 is 12.2 Å². The summed E-state index contributed by atoms with van der Waals surface area (Å²) in [7, 11) is 0. The van der Waals surface area contributed by atoms with E-state index in [0.717, 1.165) is 12.8 Å². The van der Waals surface area contributed by atoms with Crippen molar-refractivity contribution in [2.75, 3.05) is 5.32 Å². The molecule has 0 radical (unpaired) electrons. The Hall–Kier alpha value is -2.73. The SMILES string of the molecule is O=C(NC(=S)Nc1cccc(C(=O)NC2CCCCC2)c1)c1ccccc1. The zero-order valence-corrected chi connectivity index (χ0v) is 15.9. The van der Waals surface area contributed by atoms with Gasteiger partial charge in [0.05, 0.1) is 0 Å². The summed E-state index contributed by atoms with van der Waals surface area (Å²) in [5, 5.41) is 8.89. The van der Waals surface area contributed by atoms with Crippen LogP contribution in [0.5, 0.6) is 0 Å². The smallest absolute Gasteiger partial charge is 0.257 e. The van der Waals surface area contributed by atoms with Gasteiger partial charge in [-0.1, -0.05) is 43.5 Å². The Balaban J connectivity index is 1.57. The molecule has 1 aliphatic carbocycles. The standard InChI is InChI=1S/C21H23N3O2S/c25-19(15-8-3-1-4-9-15)24-21(27)23-18-13-7-10-16(14-18)20(26)22-17-11-5-2-6-12-17/h1,3-4,7-10,13-14,17H,2,5-6,11-12H2,(H,22,26)(H2,23,24,25,27). The highest BCUT2D eigenvalue weighted by Crippen LogP contribution is 2.18. The second kappa shape index (κ2) is 9.28. The Bertz CT molecular complexity index is 817. The second-order valence-corrected chi connectivity index (χ2v) is 7.07. The minimum Gasteiger partial charge on any atom is -0.349 e. The molecule has 1 saturated carbocycles. The molecule has 3 rings (SSSR count). The van der Waals surface area contributed by atoms with Crippen LogP contribution in [0.25, 0.3) is 0 Å². The first kappa shape index (κ1) is 19.0. The lowest BCUT2D eigenvalue weighted by molar-refractivity contribution is 0.0926. The van der Waals surface area contributed by atoms with Gasteiger partial charge in [0.2, 0.25) is 0 Å². The summed E-state index contributed by atoms with van der Waals surface area (Å²) in [6.45, 7) is 0. The minimum atomic E-state index is -0.278. The highest BCUT2D eigenvalue weighted by Gasteiger charge is 2.17. The molecule has 1 aliphatic rings. The summed E-state index contributed by atoms with van der Waals surface area (Å²) in [6.07, 6.45) is 5.67. The van der Waals surface area contributed by atoms with Crippen molar-refractivity contribution in [1.82, 2.24) is 10.6 Å². The van der Waals surface area contributed by atoms with E-state index < -0.39 is 0 Å². The molecule has 0 heterocycles. The van der Waals surface area contributed by atoms with Crippen molar-refractivity contribution >= 4 is 34.8 Å². The predicted octanol–water partition coefficient (Wildman–Crippen LogP) is 3.88. The second-order valence-electron chi connectivity index (χ2n) is 6.66. The largest absolute Gasteiger partial charge is 0.349 e. The van der Waals surface area contributed by atoms with Gasteiger partial charge >= 0.3 is 0 Å². The summed E-state index contributed by atoms with van der Waals surface area (Å²) >= 11 is 5.21. The molecule has 0 unspecified atom stereocenters. The molecule has 0 atom stereocenters. The summed E-state index contributed by atoms with van der Waals surface area (Å²) in [5.41, 5.74) is 1.76. The van der Waals surface area contributed by atoms with Crippen LogP contribution in [-0.2, 0) is 0 Å². The van der Waals surface area contributed by atoms with E-state index >= 15 is 0 Å². The Labute approximate surface area is 164 Å². The third-order valence-corrected chi connectivity index (χ3v) is 4.79. The average molecular weight is 382 g/mol. The molecule has 0 bridgehead atoms. The Morgan fingerprint density at radius 1 is 0.852 bits per heavy atom. The number of rotatable bonds is 4. The lowest BCUT2D eigenvalue weighted by Crippen LogP contribution is -2.36. The summed E-state index contributed by atoms with van der Waals surface area (Å²) < 4.78 is 0. The molecular formula is C21H23N3O2S. The molecule has 0 spiro atoms. The monoisotopic (exact) mass is 381 g/mol. The van der Waals surface area contributed by atoms with Crippen LogP contribution in [0.1, 0.15) is 52.8 Å². The van der Waals surface area contributed by atoms with Crippen LogP contribution in [0.2, 0.25) is 0 Å². The summed E-state index contributed by atoms with van der Waals surface area (Å²) in [4.78, 5) is 24.6. The van der Waals surface area contributed by atoms with E-state index in [1.54, 1.807) is 48.5 Å². The van der Waals surface area contributed by atoms with Crippen LogP contribution in [0, 0.1) is 0 Å². The van der Waals surface area contributed by atoms with E-state index in [9.17, 15) is 9.59 Å². The minimum absolute atomic E-state index is 0.0789. The highest BCUT2D eigenvalue weighted by atomic mass is 32.1. The van der Waals surface area contributed by atoms with Crippen LogP contribution in [0.4, 0.5) is 5.69 Å². The van der Waals surface area contributed by atoms with Crippen molar-refractivity contribution < 1.29 is 9.59 Å². The Morgan fingerprint density at radius 2 is 1.56 bits per heavy atom. The van der Waals surface area contributed by atoms with Crippen LogP contribution in [0.3, 0.4) is 0 Å². The number of amides is 2. The molecule has 0 aromatic heterocycles. The van der Waals surface area contributed by atoms with E-state index in [1.165, 1.54) is 19.3 Å². The summed E-state index contributed by atoms with van der Waals surface area (Å²) in [6, 6.07) is 16.2. The highest BCUT2D eigenvalue weighted by molar-refractivity contribution is 7.80. The predicted molar refractivity (Wildman–Crippen MR) is 111 cm³/mol. The van der Waals surface area contributed by atoms with Gasteiger partial charge in [0.25, 0.3) is 11.8 Å². The van der Waals surface area contributed by atoms with Gasteiger partial charge in [0, 0.05) is 22.9 Å². The number of thiocarbonyl (C=S) groups is 1. The van der Waals surface area contributed by atoms with Gasteiger partial charge in [-0.3, -0.25) is 14.9 Å².